The Morgan fingerprint density at radius 3 is 2.78 bits per heavy atom. The van der Waals surface area contributed by atoms with Crippen LogP contribution in [0.3, 0.4) is 0 Å². The summed E-state index contributed by atoms with van der Waals surface area (Å²) >= 11 is 0. The number of fused-ring (bicyclic) bond motifs is 2. The second-order valence-electron chi connectivity index (χ2n) is 8.72. The Balaban J connectivity index is 0.00000245. The average molecular weight is 515 g/mol. The molecule has 1 saturated heterocycles. The summed E-state index contributed by atoms with van der Waals surface area (Å²) in [4.78, 5) is 19.9. The van der Waals surface area contributed by atoms with Crippen LogP contribution in [0.2, 0.25) is 0 Å². The van der Waals surface area contributed by atoms with E-state index in [9.17, 15) is 14.3 Å². The van der Waals surface area contributed by atoms with Gasteiger partial charge in [0.25, 0.3) is 5.56 Å². The largest absolute Gasteiger partial charge is 0.385 e. The summed E-state index contributed by atoms with van der Waals surface area (Å²) in [5.74, 6) is 0.489. The van der Waals surface area contributed by atoms with Gasteiger partial charge >= 0.3 is 0 Å². The van der Waals surface area contributed by atoms with Crippen molar-refractivity contribution in [2.24, 2.45) is 0 Å². The molecule has 1 aromatic carbocycles. The third-order valence-electron chi connectivity index (χ3n) is 6.77. The standard InChI is InChI=1S/C23H27FN4O3.Y/c1-14-17(23(30)28-9-2-3-19(29)22(28)25-14)8-12-27-10-6-15(7-11-27)21-18-5-4-16(24)13-20(18)31-26-21;/h4-5,13,15,19,29H,2-3,6-12H2,1H3;. The van der Waals surface area contributed by atoms with Crippen LogP contribution >= 0.6 is 0 Å². The Morgan fingerprint density at radius 1 is 1.22 bits per heavy atom. The maximum absolute atomic E-state index is 13.4. The molecule has 0 amide bonds. The van der Waals surface area contributed by atoms with E-state index in [2.05, 4.69) is 15.0 Å². The van der Waals surface area contributed by atoms with Gasteiger partial charge in [-0.25, -0.2) is 9.37 Å². The molecule has 0 spiro atoms. The summed E-state index contributed by atoms with van der Waals surface area (Å²) < 4.78 is 20.4. The number of hydrogen-bond donors (Lipinski definition) is 1. The van der Waals surface area contributed by atoms with Gasteiger partial charge in [0.2, 0.25) is 0 Å². The van der Waals surface area contributed by atoms with E-state index in [0.29, 0.717) is 36.7 Å². The molecule has 2 aliphatic heterocycles. The van der Waals surface area contributed by atoms with Gasteiger partial charge in [-0.1, -0.05) is 5.16 Å². The number of aliphatic hydroxyl groups is 1. The number of likely N-dealkylation sites (tertiary alicyclic amines) is 1. The van der Waals surface area contributed by atoms with Gasteiger partial charge < -0.3 is 14.5 Å². The number of hydrogen-bond acceptors (Lipinski definition) is 6. The molecule has 1 atom stereocenters. The van der Waals surface area contributed by atoms with Crippen molar-refractivity contribution in [3.8, 4) is 0 Å². The fourth-order valence-electron chi connectivity index (χ4n) is 4.98. The van der Waals surface area contributed by atoms with Gasteiger partial charge in [-0.3, -0.25) is 9.36 Å². The van der Waals surface area contributed by atoms with Gasteiger partial charge in [0.15, 0.2) is 5.58 Å². The number of halogens is 1. The van der Waals surface area contributed by atoms with Crippen LogP contribution in [-0.2, 0) is 45.7 Å². The first-order valence-electron chi connectivity index (χ1n) is 11.1. The van der Waals surface area contributed by atoms with Crippen LogP contribution in [-0.4, -0.2) is 44.3 Å². The molecule has 0 bridgehead atoms. The van der Waals surface area contributed by atoms with Gasteiger partial charge in [0, 0.05) is 74.4 Å². The Hall–Kier alpha value is -1.48. The van der Waals surface area contributed by atoms with Crippen LogP contribution in [0.25, 0.3) is 11.0 Å². The smallest absolute Gasteiger partial charge is 0.257 e. The molecule has 0 aliphatic carbocycles. The first-order chi connectivity index (χ1) is 15.0. The minimum Gasteiger partial charge on any atom is -0.385 e. The van der Waals surface area contributed by atoms with Crippen LogP contribution in [0.1, 0.15) is 60.5 Å². The monoisotopic (exact) mass is 515 g/mol. The third-order valence-corrected chi connectivity index (χ3v) is 6.77. The molecule has 1 N–H and O–H groups in total. The topological polar surface area (TPSA) is 84.4 Å². The molecule has 2 aromatic heterocycles. The van der Waals surface area contributed by atoms with Gasteiger partial charge in [0.1, 0.15) is 17.7 Å². The Morgan fingerprint density at radius 2 is 2.00 bits per heavy atom. The fourth-order valence-corrected chi connectivity index (χ4v) is 4.98. The molecule has 5 rings (SSSR count). The van der Waals surface area contributed by atoms with Crippen LogP contribution < -0.4 is 5.56 Å². The molecule has 0 saturated carbocycles. The van der Waals surface area contributed by atoms with Gasteiger partial charge in [-0.15, -0.1) is 0 Å². The molecule has 7 nitrogen and oxygen atoms in total. The summed E-state index contributed by atoms with van der Waals surface area (Å²) in [6, 6.07) is 4.58. The van der Waals surface area contributed by atoms with Crippen molar-refractivity contribution in [3.63, 3.8) is 0 Å². The van der Waals surface area contributed by atoms with Crippen LogP contribution in [0.15, 0.2) is 27.5 Å². The number of nitrogens with zero attached hydrogens (tertiary/aromatic N) is 4. The van der Waals surface area contributed by atoms with E-state index in [-0.39, 0.29) is 44.1 Å². The normalized spacial score (nSPS) is 19.7. The van der Waals surface area contributed by atoms with E-state index in [1.807, 2.05) is 6.92 Å². The van der Waals surface area contributed by atoms with Crippen molar-refractivity contribution in [2.75, 3.05) is 19.6 Å². The van der Waals surface area contributed by atoms with Gasteiger partial charge in [-0.05, 0) is 64.3 Å². The molecule has 1 unspecified atom stereocenters. The number of rotatable bonds is 4. The molecule has 1 radical (unpaired) electrons. The predicted octanol–water partition coefficient (Wildman–Crippen LogP) is 3.08. The van der Waals surface area contributed by atoms with Crippen molar-refractivity contribution in [1.82, 2.24) is 19.6 Å². The molecule has 1 fully saturated rings. The van der Waals surface area contributed by atoms with Gasteiger partial charge in [-0.2, -0.15) is 0 Å². The maximum atomic E-state index is 13.4. The summed E-state index contributed by atoms with van der Waals surface area (Å²) in [6.07, 6.45) is 3.38. The van der Waals surface area contributed by atoms with Crippen molar-refractivity contribution >= 4 is 11.0 Å². The summed E-state index contributed by atoms with van der Waals surface area (Å²) in [5.41, 5.74) is 2.90. The first-order valence-corrected chi connectivity index (χ1v) is 11.1. The number of aryl methyl sites for hydroxylation is 1. The zero-order valence-corrected chi connectivity index (χ0v) is 21.1. The van der Waals surface area contributed by atoms with Crippen molar-refractivity contribution in [1.29, 1.82) is 0 Å². The van der Waals surface area contributed by atoms with Crippen LogP contribution in [0.4, 0.5) is 4.39 Å². The Labute approximate surface area is 210 Å². The predicted molar refractivity (Wildman–Crippen MR) is 114 cm³/mol. The zero-order valence-electron chi connectivity index (χ0n) is 18.3. The molecule has 4 heterocycles. The second-order valence-corrected chi connectivity index (χ2v) is 8.72. The molecule has 9 heteroatoms. The maximum Gasteiger partial charge on any atom is 0.257 e. The molecule has 3 aromatic rings. The zero-order chi connectivity index (χ0) is 21.5. The van der Waals surface area contributed by atoms with E-state index < -0.39 is 6.10 Å². The van der Waals surface area contributed by atoms with E-state index in [4.69, 9.17) is 4.52 Å². The number of benzene rings is 1. The minimum atomic E-state index is -0.641. The SMILES string of the molecule is Cc1nc2n(c(=O)c1CCN1CCC(c3noc4cc(F)ccc34)CC1)CCCC2O.[Y]. The Bertz CT molecular complexity index is 1170. The van der Waals surface area contributed by atoms with Crippen molar-refractivity contribution in [2.45, 2.75) is 57.6 Å². The molecule has 2 aliphatic rings. The van der Waals surface area contributed by atoms with Crippen LogP contribution in [0.5, 0.6) is 0 Å². The van der Waals surface area contributed by atoms with Crippen molar-refractivity contribution in [3.05, 3.63) is 57.1 Å². The van der Waals surface area contributed by atoms with E-state index >= 15 is 0 Å². The minimum absolute atomic E-state index is 0. The quantitative estimate of drug-likeness (QED) is 0.575. The Kier molecular flexibility index (Phi) is 7.25. The molecular formula is C23H27FN4O3Y. The van der Waals surface area contributed by atoms with Crippen molar-refractivity contribution < 1.29 is 46.7 Å². The molecule has 32 heavy (non-hydrogen) atoms. The summed E-state index contributed by atoms with van der Waals surface area (Å²) in [5, 5.41) is 15.3. The number of aliphatic hydroxyl groups excluding tert-OH is 1. The van der Waals surface area contributed by atoms with E-state index in [1.54, 1.807) is 10.6 Å². The van der Waals surface area contributed by atoms with E-state index in [0.717, 1.165) is 61.2 Å². The fraction of sp³-hybridized carbons (Fsp3) is 0.522. The first kappa shape index (κ1) is 23.7. The number of piperidine rings is 1. The molecule has 167 valence electrons. The van der Waals surface area contributed by atoms with E-state index in [1.165, 1.54) is 12.1 Å². The summed E-state index contributed by atoms with van der Waals surface area (Å²) in [6.45, 7) is 5.13. The molecular weight excluding hydrogens is 488 g/mol. The average Bonchev–Trinajstić information content (AvgIpc) is 3.18. The third kappa shape index (κ3) is 4.47. The van der Waals surface area contributed by atoms with Gasteiger partial charge in [0.05, 0.1) is 5.69 Å². The van der Waals surface area contributed by atoms with Crippen LogP contribution in [0, 0.1) is 12.7 Å². The second kappa shape index (κ2) is 9.79. The number of aromatic nitrogens is 3. The summed E-state index contributed by atoms with van der Waals surface area (Å²) in [7, 11) is 0.